The zero-order valence-corrected chi connectivity index (χ0v) is 13.7. The van der Waals surface area contributed by atoms with Crippen LogP contribution in [0.1, 0.15) is 27.7 Å². The standard InChI is InChI=1S/C17H30N2O2/c1-13(2)9-19(10-14(3)4)11-16(20)12-21-17-7-5-6-15(18)8-17/h5-8,13-14,16,20H,9-12,18H2,1-4H3. The normalized spacial score (nSPS) is 13.1. The number of nitrogen functional groups attached to an aromatic ring is 1. The monoisotopic (exact) mass is 294 g/mol. The molecule has 21 heavy (non-hydrogen) atoms. The summed E-state index contributed by atoms with van der Waals surface area (Å²) in [6.45, 7) is 11.7. The van der Waals surface area contributed by atoms with Crippen molar-refractivity contribution in [1.29, 1.82) is 0 Å². The van der Waals surface area contributed by atoms with Crippen LogP contribution in [-0.2, 0) is 0 Å². The second-order valence-corrected chi connectivity index (χ2v) is 6.54. The van der Waals surface area contributed by atoms with Gasteiger partial charge in [0.05, 0.1) is 0 Å². The van der Waals surface area contributed by atoms with Crippen molar-refractivity contribution in [3.05, 3.63) is 24.3 Å². The molecule has 1 aromatic carbocycles. The van der Waals surface area contributed by atoms with Crippen LogP contribution in [0.4, 0.5) is 5.69 Å². The molecule has 0 aliphatic rings. The lowest BCUT2D eigenvalue weighted by molar-refractivity contribution is 0.0601. The fourth-order valence-corrected chi connectivity index (χ4v) is 2.40. The Bertz CT molecular complexity index is 398. The quantitative estimate of drug-likeness (QED) is 0.687. The number of nitrogens with two attached hydrogens (primary N) is 1. The number of ether oxygens (including phenoxy) is 1. The van der Waals surface area contributed by atoms with E-state index in [0.29, 0.717) is 29.8 Å². The lowest BCUT2D eigenvalue weighted by Gasteiger charge is -2.28. The van der Waals surface area contributed by atoms with Crippen LogP contribution in [0.3, 0.4) is 0 Å². The molecule has 0 aliphatic heterocycles. The fourth-order valence-electron chi connectivity index (χ4n) is 2.40. The van der Waals surface area contributed by atoms with Gasteiger partial charge in [-0.05, 0) is 24.0 Å². The Morgan fingerprint density at radius 1 is 1.10 bits per heavy atom. The van der Waals surface area contributed by atoms with E-state index in [1.807, 2.05) is 18.2 Å². The van der Waals surface area contributed by atoms with Gasteiger partial charge >= 0.3 is 0 Å². The largest absolute Gasteiger partial charge is 0.491 e. The third kappa shape index (κ3) is 7.93. The lowest BCUT2D eigenvalue weighted by atomic mass is 10.1. The fraction of sp³-hybridized carbons (Fsp3) is 0.647. The molecule has 0 fully saturated rings. The van der Waals surface area contributed by atoms with Gasteiger partial charge in [-0.25, -0.2) is 0 Å². The molecule has 0 heterocycles. The smallest absolute Gasteiger partial charge is 0.121 e. The average Bonchev–Trinajstić information content (AvgIpc) is 2.34. The molecule has 0 saturated heterocycles. The van der Waals surface area contributed by atoms with Gasteiger partial charge in [0.1, 0.15) is 18.5 Å². The van der Waals surface area contributed by atoms with Crippen molar-refractivity contribution in [2.45, 2.75) is 33.8 Å². The number of benzene rings is 1. The van der Waals surface area contributed by atoms with Gasteiger partial charge in [-0.2, -0.15) is 0 Å². The first-order chi connectivity index (χ1) is 9.86. The Kier molecular flexibility index (Phi) is 7.54. The van der Waals surface area contributed by atoms with Gasteiger partial charge in [0, 0.05) is 31.4 Å². The minimum atomic E-state index is -0.496. The van der Waals surface area contributed by atoms with E-state index in [-0.39, 0.29) is 6.61 Å². The summed E-state index contributed by atoms with van der Waals surface area (Å²) in [6, 6.07) is 7.28. The summed E-state index contributed by atoms with van der Waals surface area (Å²) in [6.07, 6.45) is -0.496. The molecule has 1 rings (SSSR count). The zero-order valence-electron chi connectivity index (χ0n) is 13.7. The summed E-state index contributed by atoms with van der Waals surface area (Å²) in [7, 11) is 0. The molecule has 3 N–H and O–H groups in total. The summed E-state index contributed by atoms with van der Waals surface area (Å²) in [5.41, 5.74) is 6.37. The Hall–Kier alpha value is -1.26. The third-order valence-corrected chi connectivity index (χ3v) is 3.02. The highest BCUT2D eigenvalue weighted by Crippen LogP contribution is 2.15. The van der Waals surface area contributed by atoms with E-state index in [4.69, 9.17) is 10.5 Å². The van der Waals surface area contributed by atoms with Gasteiger partial charge < -0.3 is 20.5 Å². The third-order valence-electron chi connectivity index (χ3n) is 3.02. The van der Waals surface area contributed by atoms with Gasteiger partial charge in [-0.15, -0.1) is 0 Å². The molecule has 0 amide bonds. The zero-order chi connectivity index (χ0) is 15.8. The van der Waals surface area contributed by atoms with Crippen LogP contribution in [0.25, 0.3) is 0 Å². The molecule has 0 radical (unpaired) electrons. The first-order valence-corrected chi connectivity index (χ1v) is 7.75. The Balaban J connectivity index is 2.43. The average molecular weight is 294 g/mol. The van der Waals surface area contributed by atoms with Crippen molar-refractivity contribution in [2.75, 3.05) is 32.0 Å². The van der Waals surface area contributed by atoms with Gasteiger partial charge in [0.2, 0.25) is 0 Å². The minimum Gasteiger partial charge on any atom is -0.491 e. The second-order valence-electron chi connectivity index (χ2n) is 6.54. The maximum atomic E-state index is 10.2. The summed E-state index contributed by atoms with van der Waals surface area (Å²) in [4.78, 5) is 2.31. The van der Waals surface area contributed by atoms with Crippen LogP contribution >= 0.6 is 0 Å². The number of anilines is 1. The first-order valence-electron chi connectivity index (χ1n) is 7.75. The van der Waals surface area contributed by atoms with Gasteiger partial charge in [-0.1, -0.05) is 33.8 Å². The molecule has 1 unspecified atom stereocenters. The van der Waals surface area contributed by atoms with E-state index >= 15 is 0 Å². The molecule has 0 spiro atoms. The molecule has 0 bridgehead atoms. The van der Waals surface area contributed by atoms with Crippen molar-refractivity contribution in [3.63, 3.8) is 0 Å². The van der Waals surface area contributed by atoms with E-state index in [9.17, 15) is 5.11 Å². The van der Waals surface area contributed by atoms with E-state index in [1.165, 1.54) is 0 Å². The Morgan fingerprint density at radius 2 is 1.71 bits per heavy atom. The van der Waals surface area contributed by atoms with Crippen molar-refractivity contribution in [2.24, 2.45) is 11.8 Å². The maximum absolute atomic E-state index is 10.2. The SMILES string of the molecule is CC(C)CN(CC(C)C)CC(O)COc1cccc(N)c1. The van der Waals surface area contributed by atoms with E-state index in [2.05, 4.69) is 32.6 Å². The second kappa shape index (κ2) is 8.90. The van der Waals surface area contributed by atoms with E-state index in [0.717, 1.165) is 13.1 Å². The first kappa shape index (κ1) is 17.8. The van der Waals surface area contributed by atoms with Crippen molar-refractivity contribution < 1.29 is 9.84 Å². The minimum absolute atomic E-state index is 0.288. The highest BCUT2D eigenvalue weighted by atomic mass is 16.5. The summed E-state index contributed by atoms with van der Waals surface area (Å²) >= 11 is 0. The number of hydrogen-bond acceptors (Lipinski definition) is 4. The molecule has 0 saturated carbocycles. The molecule has 1 aromatic rings. The number of hydrogen-bond donors (Lipinski definition) is 2. The predicted octanol–water partition coefficient (Wildman–Crippen LogP) is 2.62. The molecule has 4 heteroatoms. The maximum Gasteiger partial charge on any atom is 0.121 e. The van der Waals surface area contributed by atoms with Crippen LogP contribution < -0.4 is 10.5 Å². The van der Waals surface area contributed by atoms with Crippen LogP contribution in [-0.4, -0.2) is 42.4 Å². The van der Waals surface area contributed by atoms with Gasteiger partial charge in [0.25, 0.3) is 0 Å². The van der Waals surface area contributed by atoms with Gasteiger partial charge in [0.15, 0.2) is 0 Å². The molecule has 0 aromatic heterocycles. The Morgan fingerprint density at radius 3 is 2.24 bits per heavy atom. The molecule has 0 aliphatic carbocycles. The number of aliphatic hydroxyl groups is 1. The molecule has 120 valence electrons. The van der Waals surface area contributed by atoms with E-state index in [1.54, 1.807) is 6.07 Å². The van der Waals surface area contributed by atoms with E-state index < -0.39 is 6.10 Å². The lowest BCUT2D eigenvalue weighted by Crippen LogP contribution is -2.39. The van der Waals surface area contributed by atoms with Crippen LogP contribution in [0.5, 0.6) is 5.75 Å². The highest BCUT2D eigenvalue weighted by Gasteiger charge is 2.15. The number of nitrogens with zero attached hydrogens (tertiary/aromatic N) is 1. The topological polar surface area (TPSA) is 58.7 Å². The summed E-state index contributed by atoms with van der Waals surface area (Å²) in [5, 5.41) is 10.2. The molecule has 1 atom stereocenters. The molecule has 4 nitrogen and oxygen atoms in total. The van der Waals surface area contributed by atoms with Crippen molar-refractivity contribution in [1.82, 2.24) is 4.90 Å². The summed E-state index contributed by atoms with van der Waals surface area (Å²) in [5.74, 6) is 1.88. The number of rotatable bonds is 9. The predicted molar refractivity (Wildman–Crippen MR) is 88.5 cm³/mol. The Labute approximate surface area is 128 Å². The number of aliphatic hydroxyl groups excluding tert-OH is 1. The van der Waals surface area contributed by atoms with Crippen LogP contribution in [0, 0.1) is 11.8 Å². The molecular formula is C17H30N2O2. The van der Waals surface area contributed by atoms with Crippen LogP contribution in [0.2, 0.25) is 0 Å². The van der Waals surface area contributed by atoms with Crippen molar-refractivity contribution in [3.8, 4) is 5.75 Å². The highest BCUT2D eigenvalue weighted by molar-refractivity contribution is 5.43. The van der Waals surface area contributed by atoms with Crippen LogP contribution in [0.15, 0.2) is 24.3 Å². The summed E-state index contributed by atoms with van der Waals surface area (Å²) < 4.78 is 5.60. The molecular weight excluding hydrogens is 264 g/mol. The van der Waals surface area contributed by atoms with Crippen molar-refractivity contribution >= 4 is 5.69 Å². The van der Waals surface area contributed by atoms with Gasteiger partial charge in [-0.3, -0.25) is 0 Å².